The van der Waals surface area contributed by atoms with E-state index in [0.29, 0.717) is 15.2 Å². The number of hydrogen-bond acceptors (Lipinski definition) is 5. The average Bonchev–Trinajstić information content (AvgIpc) is 2.99. The topological polar surface area (TPSA) is 37.8 Å². The Balaban J connectivity index is 1.63. The molecule has 0 unspecified atom stereocenters. The lowest BCUT2D eigenvalue weighted by atomic mass is 10.2. The fourth-order valence-corrected chi connectivity index (χ4v) is 3.52. The second kappa shape index (κ2) is 7.01. The Labute approximate surface area is 138 Å². The van der Waals surface area contributed by atoms with Crippen LogP contribution in [0.25, 0.3) is 0 Å². The first kappa shape index (κ1) is 15.8. The molecule has 0 bridgehead atoms. The van der Waals surface area contributed by atoms with Crippen molar-refractivity contribution in [2.45, 2.75) is 10.1 Å². The molecule has 0 spiro atoms. The maximum absolute atomic E-state index is 13.6. The molecule has 1 aromatic heterocycles. The number of benzene rings is 2. The van der Waals surface area contributed by atoms with Gasteiger partial charge in [0.1, 0.15) is 5.82 Å². The summed E-state index contributed by atoms with van der Waals surface area (Å²) < 4.78 is 40.2. The molecule has 0 saturated carbocycles. The number of halogens is 3. The van der Waals surface area contributed by atoms with Crippen molar-refractivity contribution < 1.29 is 13.2 Å². The van der Waals surface area contributed by atoms with Gasteiger partial charge < -0.3 is 5.32 Å². The van der Waals surface area contributed by atoms with E-state index in [9.17, 15) is 13.2 Å². The van der Waals surface area contributed by atoms with E-state index in [2.05, 4.69) is 15.5 Å². The van der Waals surface area contributed by atoms with Crippen molar-refractivity contribution in [3.8, 4) is 0 Å². The normalized spacial score (nSPS) is 10.7. The molecule has 3 aromatic rings. The molecule has 0 saturated heterocycles. The highest BCUT2D eigenvalue weighted by Crippen LogP contribution is 2.30. The van der Waals surface area contributed by atoms with Gasteiger partial charge in [-0.25, -0.2) is 13.2 Å². The molecule has 1 heterocycles. The zero-order valence-corrected chi connectivity index (χ0v) is 13.2. The summed E-state index contributed by atoms with van der Waals surface area (Å²) in [7, 11) is 0. The van der Waals surface area contributed by atoms with Crippen LogP contribution in [0.4, 0.5) is 24.0 Å². The first-order valence-corrected chi connectivity index (χ1v) is 8.34. The van der Waals surface area contributed by atoms with Crippen molar-refractivity contribution in [1.29, 1.82) is 0 Å². The van der Waals surface area contributed by atoms with Crippen LogP contribution in [0.15, 0.2) is 46.8 Å². The third-order valence-corrected chi connectivity index (χ3v) is 4.91. The molecule has 0 amide bonds. The van der Waals surface area contributed by atoms with Gasteiger partial charge >= 0.3 is 0 Å². The molecular weight excluding hydrogens is 343 g/mol. The second-order valence-electron chi connectivity index (χ2n) is 4.51. The molecule has 8 heteroatoms. The monoisotopic (exact) mass is 353 g/mol. The Hall–Kier alpha value is -2.06. The van der Waals surface area contributed by atoms with Crippen LogP contribution >= 0.6 is 23.1 Å². The molecule has 0 aliphatic heterocycles. The summed E-state index contributed by atoms with van der Waals surface area (Å²) in [4.78, 5) is 0. The van der Waals surface area contributed by atoms with Gasteiger partial charge in [0.2, 0.25) is 5.13 Å². The zero-order chi connectivity index (χ0) is 16.2. The van der Waals surface area contributed by atoms with Gasteiger partial charge in [0, 0.05) is 17.0 Å². The van der Waals surface area contributed by atoms with Crippen molar-refractivity contribution in [1.82, 2.24) is 10.2 Å². The lowest BCUT2D eigenvalue weighted by Gasteiger charge is -2.01. The Morgan fingerprint density at radius 2 is 1.78 bits per heavy atom. The summed E-state index contributed by atoms with van der Waals surface area (Å²) >= 11 is 2.55. The van der Waals surface area contributed by atoms with Crippen LogP contribution < -0.4 is 5.32 Å². The van der Waals surface area contributed by atoms with E-state index in [4.69, 9.17) is 0 Å². The summed E-state index contributed by atoms with van der Waals surface area (Å²) in [5.41, 5.74) is 0.966. The Morgan fingerprint density at radius 3 is 2.57 bits per heavy atom. The Bertz CT molecular complexity index is 806. The van der Waals surface area contributed by atoms with E-state index in [0.717, 1.165) is 6.07 Å². The number of anilines is 2. The van der Waals surface area contributed by atoms with Gasteiger partial charge in [-0.1, -0.05) is 35.2 Å². The minimum Gasteiger partial charge on any atom is -0.330 e. The van der Waals surface area contributed by atoms with Crippen LogP contribution in [0.2, 0.25) is 0 Å². The van der Waals surface area contributed by atoms with Crippen molar-refractivity contribution in [2.24, 2.45) is 0 Å². The van der Waals surface area contributed by atoms with E-state index in [1.54, 1.807) is 12.1 Å². The highest BCUT2D eigenvalue weighted by Gasteiger charge is 2.10. The number of rotatable bonds is 5. The molecular formula is C15H10F3N3S2. The average molecular weight is 353 g/mol. The Kier molecular flexibility index (Phi) is 4.82. The van der Waals surface area contributed by atoms with Crippen LogP contribution in [0, 0.1) is 17.5 Å². The maximum atomic E-state index is 13.6. The van der Waals surface area contributed by atoms with Crippen molar-refractivity contribution in [3.05, 3.63) is 65.5 Å². The van der Waals surface area contributed by atoms with E-state index < -0.39 is 11.6 Å². The van der Waals surface area contributed by atoms with Gasteiger partial charge in [-0.3, -0.25) is 0 Å². The summed E-state index contributed by atoms with van der Waals surface area (Å²) in [5, 5.41) is 11.5. The fraction of sp³-hybridized carbons (Fsp3) is 0.0667. The van der Waals surface area contributed by atoms with Gasteiger partial charge in [-0.15, -0.1) is 10.2 Å². The first-order valence-electron chi connectivity index (χ1n) is 6.53. The number of hydrogen-bond donors (Lipinski definition) is 1. The van der Waals surface area contributed by atoms with Crippen LogP contribution in [0.1, 0.15) is 5.56 Å². The lowest BCUT2D eigenvalue weighted by Crippen LogP contribution is -1.91. The van der Waals surface area contributed by atoms with Crippen molar-refractivity contribution >= 4 is 33.9 Å². The van der Waals surface area contributed by atoms with Gasteiger partial charge in [0.15, 0.2) is 16.0 Å². The van der Waals surface area contributed by atoms with Gasteiger partial charge in [0.05, 0.1) is 0 Å². The van der Waals surface area contributed by atoms with E-state index >= 15 is 0 Å². The predicted molar refractivity (Wildman–Crippen MR) is 85.5 cm³/mol. The number of nitrogens with zero attached hydrogens (tertiary/aromatic N) is 2. The molecule has 118 valence electrons. The maximum Gasteiger partial charge on any atom is 0.210 e. The van der Waals surface area contributed by atoms with E-state index in [1.807, 2.05) is 0 Å². The molecule has 3 nitrogen and oxygen atoms in total. The highest BCUT2D eigenvalue weighted by atomic mass is 32.2. The zero-order valence-electron chi connectivity index (χ0n) is 11.6. The fourth-order valence-electron chi connectivity index (χ4n) is 1.77. The third-order valence-electron chi connectivity index (χ3n) is 2.88. The van der Waals surface area contributed by atoms with Gasteiger partial charge in [0.25, 0.3) is 0 Å². The van der Waals surface area contributed by atoms with Gasteiger partial charge in [-0.2, -0.15) is 0 Å². The lowest BCUT2D eigenvalue weighted by molar-refractivity contribution is 0.502. The minimum absolute atomic E-state index is 0.259. The highest BCUT2D eigenvalue weighted by molar-refractivity contribution is 8.00. The number of aromatic nitrogens is 2. The number of thioether (sulfide) groups is 1. The molecule has 0 fully saturated rings. The Morgan fingerprint density at radius 1 is 1.00 bits per heavy atom. The quantitative estimate of drug-likeness (QED) is 0.656. The number of nitrogens with one attached hydrogen (secondary N) is 1. The summed E-state index contributed by atoms with van der Waals surface area (Å²) in [6.45, 7) is 0. The molecule has 23 heavy (non-hydrogen) atoms. The molecule has 0 radical (unpaired) electrons. The van der Waals surface area contributed by atoms with Crippen LogP contribution in [-0.4, -0.2) is 10.2 Å². The standard InChI is InChI=1S/C15H10F3N3S2/c16-10-4-6-11(7-5-10)19-14-20-21-15(23-14)22-8-9-2-1-3-12(17)13(9)18/h1-7H,8H2,(H,19,20). The molecule has 1 N–H and O–H groups in total. The molecule has 0 aliphatic rings. The third kappa shape index (κ3) is 4.02. The smallest absolute Gasteiger partial charge is 0.210 e. The molecule has 0 atom stereocenters. The minimum atomic E-state index is -0.862. The van der Waals surface area contributed by atoms with Crippen molar-refractivity contribution in [2.75, 3.05) is 5.32 Å². The molecule has 2 aromatic carbocycles. The first-order chi connectivity index (χ1) is 11.1. The summed E-state index contributed by atoms with van der Waals surface area (Å²) in [6, 6.07) is 9.94. The van der Waals surface area contributed by atoms with E-state index in [-0.39, 0.29) is 17.1 Å². The molecule has 0 aliphatic carbocycles. The van der Waals surface area contributed by atoms with Crippen molar-refractivity contribution in [3.63, 3.8) is 0 Å². The largest absolute Gasteiger partial charge is 0.330 e. The second-order valence-corrected chi connectivity index (χ2v) is 6.71. The van der Waals surface area contributed by atoms with Crippen LogP contribution in [-0.2, 0) is 5.75 Å². The van der Waals surface area contributed by atoms with Crippen LogP contribution in [0.5, 0.6) is 0 Å². The van der Waals surface area contributed by atoms with E-state index in [1.165, 1.54) is 47.4 Å². The van der Waals surface area contributed by atoms with Crippen LogP contribution in [0.3, 0.4) is 0 Å². The predicted octanol–water partition coefficient (Wildman–Crippen LogP) is 4.99. The SMILES string of the molecule is Fc1ccc(Nc2nnc(SCc3cccc(F)c3F)s2)cc1. The molecule has 3 rings (SSSR count). The summed E-state index contributed by atoms with van der Waals surface area (Å²) in [6.07, 6.45) is 0. The van der Waals surface area contributed by atoms with Gasteiger partial charge in [-0.05, 0) is 30.3 Å². The summed E-state index contributed by atoms with van der Waals surface area (Å²) in [5.74, 6) is -1.76.